The SMILES string of the molecule is CN1C(=O)NC(C)(C2CCCN(CCc3cnn(C)c3)C2)C1=O. The van der Waals surface area contributed by atoms with Crippen molar-refractivity contribution in [2.75, 3.05) is 26.7 Å². The van der Waals surface area contributed by atoms with Gasteiger partial charge in [0.05, 0.1) is 6.20 Å². The Morgan fingerprint density at radius 3 is 2.78 bits per heavy atom. The van der Waals surface area contributed by atoms with Gasteiger partial charge in [-0.1, -0.05) is 0 Å². The molecule has 0 aliphatic carbocycles. The molecule has 0 saturated carbocycles. The number of likely N-dealkylation sites (N-methyl/N-ethyl adjacent to an activating group) is 1. The number of nitrogens with zero attached hydrogens (tertiary/aromatic N) is 4. The number of hydrogen-bond donors (Lipinski definition) is 1. The summed E-state index contributed by atoms with van der Waals surface area (Å²) in [4.78, 5) is 27.8. The van der Waals surface area contributed by atoms with Crippen LogP contribution >= 0.6 is 0 Å². The van der Waals surface area contributed by atoms with Gasteiger partial charge in [-0.3, -0.25) is 14.4 Å². The molecule has 0 spiro atoms. The fraction of sp³-hybridized carbons (Fsp3) is 0.688. The summed E-state index contributed by atoms with van der Waals surface area (Å²) in [5.41, 5.74) is 0.463. The summed E-state index contributed by atoms with van der Waals surface area (Å²) < 4.78 is 1.82. The van der Waals surface area contributed by atoms with E-state index < -0.39 is 5.54 Å². The van der Waals surface area contributed by atoms with Gasteiger partial charge >= 0.3 is 6.03 Å². The molecular formula is C16H25N5O2. The molecule has 3 amide bonds. The zero-order valence-corrected chi connectivity index (χ0v) is 14.1. The standard InChI is InChI=1S/C16H25N5O2/c1-16(14(22)20(3)15(23)18-16)13-5-4-7-21(11-13)8-6-12-9-17-19(2)10-12/h9-10,13H,4-8,11H2,1-3H3,(H,18,23). The van der Waals surface area contributed by atoms with E-state index in [9.17, 15) is 9.59 Å². The zero-order chi connectivity index (χ0) is 16.6. The van der Waals surface area contributed by atoms with Crippen LogP contribution in [0.15, 0.2) is 12.4 Å². The highest BCUT2D eigenvalue weighted by molar-refractivity contribution is 6.06. The number of piperidine rings is 1. The number of amides is 3. The van der Waals surface area contributed by atoms with Crippen molar-refractivity contribution in [3.8, 4) is 0 Å². The van der Waals surface area contributed by atoms with Crippen molar-refractivity contribution in [1.82, 2.24) is 24.9 Å². The Balaban J connectivity index is 1.62. The number of hydrogen-bond acceptors (Lipinski definition) is 4. The predicted octanol–water partition coefficient (Wildman–Crippen LogP) is 0.615. The highest BCUT2D eigenvalue weighted by Crippen LogP contribution is 2.32. The maximum absolute atomic E-state index is 12.4. The minimum absolute atomic E-state index is 0.110. The molecule has 7 heteroatoms. The lowest BCUT2D eigenvalue weighted by molar-refractivity contribution is -0.132. The third-order valence-electron chi connectivity index (χ3n) is 5.22. The first-order chi connectivity index (χ1) is 10.9. The molecule has 1 N–H and O–H groups in total. The number of urea groups is 1. The average Bonchev–Trinajstić information content (AvgIpc) is 3.04. The number of aryl methyl sites for hydroxylation is 1. The van der Waals surface area contributed by atoms with E-state index in [2.05, 4.69) is 15.3 Å². The first kappa shape index (κ1) is 16.0. The summed E-state index contributed by atoms with van der Waals surface area (Å²) in [5, 5.41) is 7.09. The fourth-order valence-corrected chi connectivity index (χ4v) is 3.69. The second kappa shape index (κ2) is 5.96. The summed E-state index contributed by atoms with van der Waals surface area (Å²) in [5.74, 6) is 0.0492. The van der Waals surface area contributed by atoms with Crippen LogP contribution in [0.25, 0.3) is 0 Å². The molecule has 2 aliphatic rings. The van der Waals surface area contributed by atoms with Gasteiger partial charge in [-0.2, -0.15) is 5.10 Å². The number of imide groups is 1. The van der Waals surface area contributed by atoms with Crippen molar-refractivity contribution in [2.45, 2.75) is 31.7 Å². The van der Waals surface area contributed by atoms with Crippen molar-refractivity contribution >= 4 is 11.9 Å². The average molecular weight is 319 g/mol. The van der Waals surface area contributed by atoms with Crippen LogP contribution in [0, 0.1) is 5.92 Å². The zero-order valence-electron chi connectivity index (χ0n) is 14.1. The lowest BCUT2D eigenvalue weighted by Gasteiger charge is -2.39. The van der Waals surface area contributed by atoms with Crippen LogP contribution in [0.4, 0.5) is 4.79 Å². The summed E-state index contributed by atoms with van der Waals surface area (Å²) >= 11 is 0. The molecule has 1 aromatic heterocycles. The molecule has 0 radical (unpaired) electrons. The summed E-state index contributed by atoms with van der Waals surface area (Å²) in [6, 6.07) is -0.287. The van der Waals surface area contributed by atoms with Gasteiger partial charge in [-0.05, 0) is 38.3 Å². The number of rotatable bonds is 4. The van der Waals surface area contributed by atoms with Crippen LogP contribution in [0.1, 0.15) is 25.3 Å². The molecule has 126 valence electrons. The minimum atomic E-state index is -0.765. The molecule has 2 fully saturated rings. The van der Waals surface area contributed by atoms with E-state index in [0.29, 0.717) is 0 Å². The number of likely N-dealkylation sites (tertiary alicyclic amines) is 1. The minimum Gasteiger partial charge on any atom is -0.323 e. The Morgan fingerprint density at radius 1 is 1.39 bits per heavy atom. The van der Waals surface area contributed by atoms with E-state index in [4.69, 9.17) is 0 Å². The number of carbonyl (C=O) groups excluding carboxylic acids is 2. The second-order valence-electron chi connectivity index (χ2n) is 6.91. The maximum atomic E-state index is 12.4. The highest BCUT2D eigenvalue weighted by Gasteiger charge is 2.51. The van der Waals surface area contributed by atoms with Crippen molar-refractivity contribution in [2.24, 2.45) is 13.0 Å². The van der Waals surface area contributed by atoms with Crippen LogP contribution in [-0.2, 0) is 18.3 Å². The van der Waals surface area contributed by atoms with Crippen molar-refractivity contribution in [3.63, 3.8) is 0 Å². The quantitative estimate of drug-likeness (QED) is 0.826. The van der Waals surface area contributed by atoms with Crippen molar-refractivity contribution < 1.29 is 9.59 Å². The molecule has 1 aromatic rings. The fourth-order valence-electron chi connectivity index (χ4n) is 3.69. The molecule has 3 heterocycles. The third-order valence-corrected chi connectivity index (χ3v) is 5.22. The summed E-state index contributed by atoms with van der Waals surface area (Å²) in [7, 11) is 3.47. The number of aromatic nitrogens is 2. The molecule has 2 atom stereocenters. The molecule has 2 aliphatic heterocycles. The molecule has 3 rings (SSSR count). The molecule has 23 heavy (non-hydrogen) atoms. The Labute approximate surface area is 136 Å². The van der Waals surface area contributed by atoms with Gasteiger partial charge in [0.2, 0.25) is 0 Å². The number of carbonyl (C=O) groups is 2. The molecular weight excluding hydrogens is 294 g/mol. The van der Waals surface area contributed by atoms with Crippen molar-refractivity contribution in [3.05, 3.63) is 18.0 Å². The molecule has 2 saturated heterocycles. The van der Waals surface area contributed by atoms with Gasteiger partial charge < -0.3 is 10.2 Å². The molecule has 0 bridgehead atoms. The highest BCUT2D eigenvalue weighted by atomic mass is 16.2. The van der Waals surface area contributed by atoms with Gasteiger partial charge in [0.15, 0.2) is 0 Å². The van der Waals surface area contributed by atoms with E-state index in [0.717, 1.165) is 38.9 Å². The van der Waals surface area contributed by atoms with Gasteiger partial charge in [0.25, 0.3) is 5.91 Å². The van der Waals surface area contributed by atoms with E-state index in [1.54, 1.807) is 7.05 Å². The Kier molecular flexibility index (Phi) is 4.14. The van der Waals surface area contributed by atoms with E-state index >= 15 is 0 Å². The lowest BCUT2D eigenvalue weighted by Crippen LogP contribution is -2.55. The van der Waals surface area contributed by atoms with Crippen molar-refractivity contribution in [1.29, 1.82) is 0 Å². The molecule has 2 unspecified atom stereocenters. The van der Waals surface area contributed by atoms with Gasteiger partial charge in [0.1, 0.15) is 5.54 Å². The monoisotopic (exact) mass is 319 g/mol. The maximum Gasteiger partial charge on any atom is 0.324 e. The van der Waals surface area contributed by atoms with Gasteiger partial charge in [0, 0.05) is 39.3 Å². The van der Waals surface area contributed by atoms with Crippen LogP contribution in [0.2, 0.25) is 0 Å². The first-order valence-electron chi connectivity index (χ1n) is 8.20. The van der Waals surface area contributed by atoms with Crippen LogP contribution < -0.4 is 5.32 Å². The first-order valence-corrected chi connectivity index (χ1v) is 8.20. The lowest BCUT2D eigenvalue weighted by atomic mass is 9.80. The topological polar surface area (TPSA) is 70.5 Å². The van der Waals surface area contributed by atoms with E-state index in [1.807, 2.05) is 31.0 Å². The van der Waals surface area contributed by atoms with E-state index in [-0.39, 0.29) is 17.9 Å². The van der Waals surface area contributed by atoms with Gasteiger partial charge in [-0.15, -0.1) is 0 Å². The van der Waals surface area contributed by atoms with E-state index in [1.165, 1.54) is 10.5 Å². The second-order valence-corrected chi connectivity index (χ2v) is 6.91. The third kappa shape index (κ3) is 2.97. The molecule has 7 nitrogen and oxygen atoms in total. The Morgan fingerprint density at radius 2 is 2.17 bits per heavy atom. The Hall–Kier alpha value is -1.89. The summed E-state index contributed by atoms with van der Waals surface area (Å²) in [6.45, 7) is 4.71. The number of nitrogens with one attached hydrogen (secondary N) is 1. The Bertz CT molecular complexity index is 613. The summed E-state index contributed by atoms with van der Waals surface area (Å²) in [6.07, 6.45) is 6.92. The van der Waals surface area contributed by atoms with Gasteiger partial charge in [-0.25, -0.2) is 4.79 Å². The smallest absolute Gasteiger partial charge is 0.323 e. The van der Waals surface area contributed by atoms with Crippen LogP contribution in [0.3, 0.4) is 0 Å². The van der Waals surface area contributed by atoms with Crippen LogP contribution in [-0.4, -0.2) is 63.7 Å². The normalized spacial score (nSPS) is 29.2. The molecule has 0 aromatic carbocycles. The largest absolute Gasteiger partial charge is 0.324 e. The predicted molar refractivity (Wildman–Crippen MR) is 85.8 cm³/mol. The van der Waals surface area contributed by atoms with Crippen LogP contribution in [0.5, 0.6) is 0 Å².